The maximum atomic E-state index is 12.0. The molecule has 0 spiro atoms. The Morgan fingerprint density at radius 3 is 2.76 bits per heavy atom. The Morgan fingerprint density at radius 1 is 1.14 bits per heavy atom. The second kappa shape index (κ2) is 6.76. The number of carbonyl (C=O) groups is 1. The molecule has 1 aromatic heterocycles. The summed E-state index contributed by atoms with van der Waals surface area (Å²) in [4.78, 5) is 14.3. The van der Waals surface area contributed by atoms with Gasteiger partial charge < -0.3 is 10.0 Å². The Morgan fingerprint density at radius 2 is 2.00 bits per heavy atom. The minimum atomic E-state index is -0.721. The Balaban J connectivity index is 1.61. The van der Waals surface area contributed by atoms with Crippen LogP contribution in [0.1, 0.15) is 37.3 Å². The molecule has 1 fully saturated rings. The van der Waals surface area contributed by atoms with Crippen LogP contribution in [-0.2, 0) is 23.2 Å². The number of nitrogens with zero attached hydrogens (tertiary/aromatic N) is 3. The van der Waals surface area contributed by atoms with E-state index in [-0.39, 0.29) is 0 Å². The highest BCUT2D eigenvalue weighted by Gasteiger charge is 2.52. The van der Waals surface area contributed by atoms with Gasteiger partial charge in [0.05, 0.1) is 11.6 Å². The third kappa shape index (κ3) is 2.92. The zero-order valence-corrected chi connectivity index (χ0v) is 16.6. The van der Waals surface area contributed by atoms with E-state index in [9.17, 15) is 9.90 Å². The van der Waals surface area contributed by atoms with Crippen LogP contribution in [0.5, 0.6) is 0 Å². The summed E-state index contributed by atoms with van der Waals surface area (Å²) in [6, 6.07) is 16.8. The highest BCUT2D eigenvalue weighted by atomic mass is 16.4. The summed E-state index contributed by atoms with van der Waals surface area (Å²) < 4.78 is 2.04. The molecule has 1 N–H and O–H groups in total. The number of hydrogen-bond acceptors (Lipinski definition) is 3. The van der Waals surface area contributed by atoms with E-state index in [2.05, 4.69) is 59.4 Å². The molecule has 1 aliphatic heterocycles. The van der Waals surface area contributed by atoms with Gasteiger partial charge in [-0.05, 0) is 60.1 Å². The van der Waals surface area contributed by atoms with Crippen LogP contribution in [0.2, 0.25) is 0 Å². The van der Waals surface area contributed by atoms with Crippen molar-refractivity contribution in [2.45, 2.75) is 44.6 Å². The number of fused-ring (bicyclic) bond motifs is 1. The molecule has 5 nitrogen and oxygen atoms in total. The van der Waals surface area contributed by atoms with Crippen molar-refractivity contribution in [2.75, 3.05) is 11.4 Å². The van der Waals surface area contributed by atoms with Crippen molar-refractivity contribution in [3.63, 3.8) is 0 Å². The summed E-state index contributed by atoms with van der Waals surface area (Å²) in [5, 5.41) is 14.3. The van der Waals surface area contributed by atoms with Crippen LogP contribution in [0, 0.1) is 0 Å². The number of hydrogen-bond donors (Lipinski definition) is 1. The first-order valence-corrected chi connectivity index (χ1v) is 10.4. The predicted octanol–water partition coefficient (Wildman–Crippen LogP) is 4.77. The van der Waals surface area contributed by atoms with Gasteiger partial charge in [0.1, 0.15) is 5.82 Å². The second-order valence-electron chi connectivity index (χ2n) is 8.09. The lowest BCUT2D eigenvalue weighted by atomic mass is 9.86. The third-order valence-electron chi connectivity index (χ3n) is 6.36. The van der Waals surface area contributed by atoms with Crippen LogP contribution in [-0.4, -0.2) is 27.4 Å². The lowest BCUT2D eigenvalue weighted by Crippen LogP contribution is -2.27. The van der Waals surface area contributed by atoms with Gasteiger partial charge in [0, 0.05) is 24.8 Å². The fraction of sp³-hybridized carbons (Fsp3) is 0.333. The molecule has 148 valence electrons. The number of aryl methyl sites for hydroxylation is 2. The summed E-state index contributed by atoms with van der Waals surface area (Å²) in [5.41, 5.74) is 4.71. The van der Waals surface area contributed by atoms with Crippen molar-refractivity contribution >= 4 is 17.5 Å². The molecule has 5 rings (SSSR count). The van der Waals surface area contributed by atoms with Crippen LogP contribution >= 0.6 is 0 Å². The minimum Gasteiger partial charge on any atom is -0.481 e. The predicted molar refractivity (Wildman–Crippen MR) is 114 cm³/mol. The monoisotopic (exact) mass is 387 g/mol. The van der Waals surface area contributed by atoms with Crippen molar-refractivity contribution in [2.24, 2.45) is 0 Å². The van der Waals surface area contributed by atoms with Crippen LogP contribution < -0.4 is 4.90 Å². The third-order valence-corrected chi connectivity index (χ3v) is 6.36. The van der Waals surface area contributed by atoms with Gasteiger partial charge in [-0.2, -0.15) is 5.10 Å². The van der Waals surface area contributed by atoms with Crippen molar-refractivity contribution in [1.82, 2.24) is 9.78 Å². The van der Waals surface area contributed by atoms with Crippen molar-refractivity contribution in [1.29, 1.82) is 0 Å². The first-order chi connectivity index (χ1) is 14.1. The van der Waals surface area contributed by atoms with Gasteiger partial charge in [-0.25, -0.2) is 4.68 Å². The number of benzene rings is 2. The van der Waals surface area contributed by atoms with Gasteiger partial charge in [0.2, 0.25) is 0 Å². The van der Waals surface area contributed by atoms with E-state index in [4.69, 9.17) is 0 Å². The lowest BCUT2D eigenvalue weighted by molar-refractivity contribution is -0.140. The summed E-state index contributed by atoms with van der Waals surface area (Å²) >= 11 is 0. The molecular formula is C24H25N3O2. The summed E-state index contributed by atoms with van der Waals surface area (Å²) in [6.45, 7) is 4.03. The number of aromatic nitrogens is 2. The zero-order chi connectivity index (χ0) is 20.0. The number of aliphatic carboxylic acids is 1. The van der Waals surface area contributed by atoms with Gasteiger partial charge >= 0.3 is 5.97 Å². The molecule has 29 heavy (non-hydrogen) atoms. The van der Waals surface area contributed by atoms with E-state index < -0.39 is 11.4 Å². The van der Waals surface area contributed by atoms with Crippen LogP contribution in [0.4, 0.5) is 11.5 Å². The van der Waals surface area contributed by atoms with Crippen molar-refractivity contribution in [3.8, 4) is 11.1 Å². The standard InChI is InChI=1S/C24H25N3O2/c1-2-17-7-8-21(24(10-11-24)23(28)29)20(15-17)18-5-3-6-19(16-18)26-13-4-14-27-22(26)9-12-25-27/h3,5-9,12,15-16H,2,4,10-11,13-14H2,1H3,(H,28,29). The average molecular weight is 387 g/mol. The van der Waals surface area contributed by atoms with Crippen LogP contribution in [0.3, 0.4) is 0 Å². The van der Waals surface area contributed by atoms with Gasteiger partial charge in [-0.3, -0.25) is 4.79 Å². The quantitative estimate of drug-likeness (QED) is 0.685. The Kier molecular flexibility index (Phi) is 4.19. The Hall–Kier alpha value is -3.08. The van der Waals surface area contributed by atoms with Gasteiger partial charge in [-0.1, -0.05) is 37.3 Å². The molecule has 0 unspecified atom stereocenters. The molecule has 2 aliphatic rings. The first kappa shape index (κ1) is 18.0. The highest BCUT2D eigenvalue weighted by Crippen LogP contribution is 2.52. The highest BCUT2D eigenvalue weighted by molar-refractivity contribution is 5.89. The molecule has 0 bridgehead atoms. The largest absolute Gasteiger partial charge is 0.481 e. The number of rotatable bonds is 5. The van der Waals surface area contributed by atoms with Crippen LogP contribution in [0.25, 0.3) is 11.1 Å². The number of anilines is 2. The molecule has 0 amide bonds. The maximum Gasteiger partial charge on any atom is 0.314 e. The normalized spacial score (nSPS) is 17.1. The molecule has 2 heterocycles. The van der Waals surface area contributed by atoms with Crippen molar-refractivity contribution in [3.05, 3.63) is 65.9 Å². The lowest BCUT2D eigenvalue weighted by Gasteiger charge is -2.30. The molecule has 1 aliphatic carbocycles. The van der Waals surface area contributed by atoms with Gasteiger partial charge in [0.15, 0.2) is 0 Å². The summed E-state index contributed by atoms with van der Waals surface area (Å²) in [7, 11) is 0. The SMILES string of the molecule is CCc1ccc(C2(C(=O)O)CC2)c(-c2cccc(N3CCCn4nccc43)c2)c1. The Labute approximate surface area is 170 Å². The van der Waals surface area contributed by atoms with Gasteiger partial charge in [0.25, 0.3) is 0 Å². The van der Waals surface area contributed by atoms with Gasteiger partial charge in [-0.15, -0.1) is 0 Å². The molecule has 0 saturated heterocycles. The minimum absolute atomic E-state index is 0.709. The van der Waals surface area contributed by atoms with Crippen LogP contribution in [0.15, 0.2) is 54.7 Å². The maximum absolute atomic E-state index is 12.0. The summed E-state index contributed by atoms with van der Waals surface area (Å²) in [5.74, 6) is 0.402. The molecule has 5 heteroatoms. The van der Waals surface area contributed by atoms with Crippen molar-refractivity contribution < 1.29 is 9.90 Å². The number of carboxylic acids is 1. The van der Waals surface area contributed by atoms with E-state index >= 15 is 0 Å². The van der Waals surface area contributed by atoms with E-state index in [1.54, 1.807) is 0 Å². The molecule has 2 aromatic carbocycles. The number of carboxylic acid groups (broad SMARTS) is 1. The molecule has 0 atom stereocenters. The van der Waals surface area contributed by atoms with E-state index in [1.807, 2.05) is 16.9 Å². The topological polar surface area (TPSA) is 58.4 Å². The molecular weight excluding hydrogens is 362 g/mol. The first-order valence-electron chi connectivity index (χ1n) is 10.4. The zero-order valence-electron chi connectivity index (χ0n) is 16.6. The molecule has 0 radical (unpaired) electrons. The fourth-order valence-electron chi connectivity index (χ4n) is 4.51. The molecule has 3 aromatic rings. The van der Waals surface area contributed by atoms with E-state index in [0.717, 1.165) is 54.1 Å². The smallest absolute Gasteiger partial charge is 0.314 e. The van der Waals surface area contributed by atoms with E-state index in [1.165, 1.54) is 5.56 Å². The molecule has 1 saturated carbocycles. The van der Waals surface area contributed by atoms with E-state index in [0.29, 0.717) is 12.8 Å². The average Bonchev–Trinajstić information content (AvgIpc) is 3.43. The Bertz CT molecular complexity index is 1080. The second-order valence-corrected chi connectivity index (χ2v) is 8.09. The fourth-order valence-corrected chi connectivity index (χ4v) is 4.51. The summed E-state index contributed by atoms with van der Waals surface area (Å²) in [6.07, 6.45) is 5.26.